The molecule has 0 saturated carbocycles. The minimum absolute atomic E-state index is 0.103. The summed E-state index contributed by atoms with van der Waals surface area (Å²) >= 11 is 9.68. The standard InChI is InChI=1S/C67H37ClN6O2S2/c68-46-13-10-14-48(34-46)74(63-32-29-50(78-63)36-59-65(45(39-71)40-72)55-19-6-8-21-57(55)67(59)76)61-30-25-43(51-15-3-4-17-53(51)61)33-41-23-26-47(27-24-41)73(60-22-9-12-42-11-1-2-16-52(42)60)62-31-28-49(77-62)35-58-64(44(37-69)38-70)54-18-5-7-20-56(54)66(58)75/h1-32,34-36H,33H2/b58-35-,59-36-. The number of allylic oxidation sites excluding steroid dienone is 6. The highest BCUT2D eigenvalue weighted by molar-refractivity contribution is 7.17. The summed E-state index contributed by atoms with van der Waals surface area (Å²) in [6.07, 6.45) is 4.21. The predicted molar refractivity (Wildman–Crippen MR) is 315 cm³/mol. The topological polar surface area (TPSA) is 136 Å². The van der Waals surface area contributed by atoms with E-state index < -0.39 is 0 Å². The lowest BCUT2D eigenvalue weighted by atomic mass is 9.96. The fourth-order valence-corrected chi connectivity index (χ4v) is 12.7. The van der Waals surface area contributed by atoms with Gasteiger partial charge >= 0.3 is 0 Å². The van der Waals surface area contributed by atoms with Crippen molar-refractivity contribution in [3.05, 3.63) is 271 Å². The molecule has 2 aromatic heterocycles. The molecule has 366 valence electrons. The number of nitrogens with zero attached hydrogens (tertiary/aromatic N) is 6. The molecule has 0 saturated heterocycles. The largest absolute Gasteiger partial charge is 0.301 e. The Hall–Kier alpha value is -10.2. The van der Waals surface area contributed by atoms with E-state index in [0.717, 1.165) is 75.2 Å². The Morgan fingerprint density at radius 3 is 1.53 bits per heavy atom. The van der Waals surface area contributed by atoms with Gasteiger partial charge in [-0.3, -0.25) is 9.59 Å². The van der Waals surface area contributed by atoms with Crippen molar-refractivity contribution in [1.29, 1.82) is 21.0 Å². The zero-order chi connectivity index (χ0) is 53.4. The van der Waals surface area contributed by atoms with Crippen LogP contribution in [0.25, 0.3) is 44.8 Å². The van der Waals surface area contributed by atoms with Gasteiger partial charge in [0.1, 0.15) is 45.4 Å². The molecule has 0 unspecified atom stereocenters. The summed E-state index contributed by atoms with van der Waals surface area (Å²) < 4.78 is 0. The number of fused-ring (bicyclic) bond motifs is 4. The molecule has 10 aromatic rings. The van der Waals surface area contributed by atoms with Crippen LogP contribution in [-0.2, 0) is 6.42 Å². The highest BCUT2D eigenvalue weighted by atomic mass is 35.5. The van der Waals surface area contributed by atoms with Crippen LogP contribution in [0.15, 0.2) is 222 Å². The molecule has 0 N–H and O–H groups in total. The van der Waals surface area contributed by atoms with Crippen molar-refractivity contribution < 1.29 is 9.59 Å². The van der Waals surface area contributed by atoms with Gasteiger partial charge in [0, 0.05) is 70.3 Å². The van der Waals surface area contributed by atoms with Gasteiger partial charge in [-0.15, -0.1) is 22.7 Å². The third kappa shape index (κ3) is 8.65. The average molecular weight is 1060 g/mol. The van der Waals surface area contributed by atoms with Crippen molar-refractivity contribution >= 4 is 123 Å². The zero-order valence-electron chi connectivity index (χ0n) is 41.1. The van der Waals surface area contributed by atoms with E-state index in [0.29, 0.717) is 56.0 Å². The van der Waals surface area contributed by atoms with E-state index in [4.69, 9.17) is 11.6 Å². The van der Waals surface area contributed by atoms with Crippen LogP contribution >= 0.6 is 34.3 Å². The summed E-state index contributed by atoms with van der Waals surface area (Å²) in [4.78, 5) is 33.7. The number of carbonyl (C=O) groups excluding carboxylic acids is 2. The Bertz CT molecular complexity index is 4450. The van der Waals surface area contributed by atoms with Crippen molar-refractivity contribution in [2.75, 3.05) is 9.80 Å². The van der Waals surface area contributed by atoms with Gasteiger partial charge in [-0.2, -0.15) is 21.0 Å². The van der Waals surface area contributed by atoms with E-state index in [1.807, 2.05) is 97.1 Å². The Labute approximate surface area is 462 Å². The Kier molecular flexibility index (Phi) is 12.8. The Balaban J connectivity index is 0.895. The molecular weight excluding hydrogens is 1020 g/mol. The number of halogens is 1. The number of carbonyl (C=O) groups is 2. The molecular formula is C67H37ClN6O2S2. The molecule has 11 heteroatoms. The maximum Gasteiger partial charge on any atom is 0.194 e. The quantitative estimate of drug-likeness (QED) is 0.0976. The Morgan fingerprint density at radius 2 is 0.949 bits per heavy atom. The Morgan fingerprint density at radius 1 is 0.462 bits per heavy atom. The van der Waals surface area contributed by atoms with Crippen LogP contribution in [0.2, 0.25) is 5.02 Å². The third-order valence-electron chi connectivity index (χ3n) is 14.0. The van der Waals surface area contributed by atoms with Crippen molar-refractivity contribution in [2.24, 2.45) is 0 Å². The molecule has 2 aliphatic carbocycles. The van der Waals surface area contributed by atoms with E-state index in [9.17, 15) is 30.6 Å². The molecule has 0 amide bonds. The molecule has 0 atom stereocenters. The van der Waals surface area contributed by atoms with Crippen LogP contribution in [0, 0.1) is 45.3 Å². The number of anilines is 6. The molecule has 2 aliphatic rings. The van der Waals surface area contributed by atoms with Gasteiger partial charge in [0.05, 0.1) is 11.4 Å². The highest BCUT2D eigenvalue weighted by Crippen LogP contribution is 2.48. The second kappa shape index (κ2) is 20.5. The van der Waals surface area contributed by atoms with Gasteiger partial charge < -0.3 is 9.80 Å². The van der Waals surface area contributed by atoms with Gasteiger partial charge in [-0.25, -0.2) is 0 Å². The van der Waals surface area contributed by atoms with Gasteiger partial charge in [-0.05, 0) is 118 Å². The predicted octanol–water partition coefficient (Wildman–Crippen LogP) is 17.5. The summed E-state index contributed by atoms with van der Waals surface area (Å²) in [5, 5.41) is 46.4. The fraction of sp³-hybridized carbons (Fsp3) is 0.0149. The molecule has 12 rings (SSSR count). The summed E-state index contributed by atoms with van der Waals surface area (Å²) in [5.74, 6) is -0.457. The van der Waals surface area contributed by atoms with Crippen LogP contribution in [0.4, 0.5) is 32.8 Å². The maximum atomic E-state index is 13.9. The van der Waals surface area contributed by atoms with Gasteiger partial charge in [0.15, 0.2) is 11.6 Å². The zero-order valence-corrected chi connectivity index (χ0v) is 43.5. The second-order valence-corrected chi connectivity index (χ2v) is 21.1. The summed E-state index contributed by atoms with van der Waals surface area (Å²) in [7, 11) is 0. The van der Waals surface area contributed by atoms with Crippen LogP contribution in [0.5, 0.6) is 0 Å². The van der Waals surface area contributed by atoms with Crippen LogP contribution < -0.4 is 9.80 Å². The molecule has 8 nitrogen and oxygen atoms in total. The molecule has 2 heterocycles. The number of rotatable bonds is 10. The average Bonchev–Trinajstić information content (AvgIpc) is 4.31. The van der Waals surface area contributed by atoms with Crippen molar-refractivity contribution in [1.82, 2.24) is 0 Å². The molecule has 8 aromatic carbocycles. The minimum Gasteiger partial charge on any atom is -0.301 e. The number of hydrogen-bond acceptors (Lipinski definition) is 10. The highest BCUT2D eigenvalue weighted by Gasteiger charge is 2.34. The molecule has 0 radical (unpaired) electrons. The van der Waals surface area contributed by atoms with E-state index >= 15 is 0 Å². The summed E-state index contributed by atoms with van der Waals surface area (Å²) in [6, 6.07) is 73.7. The van der Waals surface area contributed by atoms with E-state index in [1.165, 1.54) is 22.7 Å². The van der Waals surface area contributed by atoms with Crippen molar-refractivity contribution in [3.63, 3.8) is 0 Å². The third-order valence-corrected chi connectivity index (χ3v) is 16.3. The first kappa shape index (κ1) is 48.8. The molecule has 0 spiro atoms. The minimum atomic E-state index is -0.234. The molecule has 0 aliphatic heterocycles. The first-order valence-electron chi connectivity index (χ1n) is 24.7. The van der Waals surface area contributed by atoms with E-state index in [1.54, 1.807) is 60.7 Å². The number of hydrogen-bond donors (Lipinski definition) is 0. The van der Waals surface area contributed by atoms with E-state index in [2.05, 4.69) is 88.7 Å². The SMILES string of the molecule is N#CC(C#N)=C1/C(=C/c2ccc(N(c3ccc(Cc4ccc(N(c5cccc(Cl)c5)c5ccc(/C=C6\C(=O)c7ccccc7C6=C(C#N)C#N)s5)c5ccccc45)cc3)c3cccc4ccccc34)s2)C(=O)c2ccccc21. The monoisotopic (exact) mass is 1060 g/mol. The lowest BCUT2D eigenvalue weighted by Gasteiger charge is -2.26. The van der Waals surface area contributed by atoms with Gasteiger partial charge in [0.25, 0.3) is 0 Å². The summed E-state index contributed by atoms with van der Waals surface area (Å²) in [5.41, 5.74) is 9.12. The summed E-state index contributed by atoms with van der Waals surface area (Å²) in [6.45, 7) is 0. The molecule has 0 bridgehead atoms. The lowest BCUT2D eigenvalue weighted by molar-refractivity contribution is 0.103. The van der Waals surface area contributed by atoms with E-state index in [-0.39, 0.29) is 22.7 Å². The molecule has 0 fully saturated rings. The van der Waals surface area contributed by atoms with Gasteiger partial charge in [-0.1, -0.05) is 145 Å². The van der Waals surface area contributed by atoms with Crippen LogP contribution in [0.3, 0.4) is 0 Å². The normalized spacial score (nSPS) is 13.5. The number of benzene rings is 8. The first-order valence-corrected chi connectivity index (χ1v) is 26.7. The molecule has 78 heavy (non-hydrogen) atoms. The van der Waals surface area contributed by atoms with Crippen LogP contribution in [0.1, 0.15) is 52.7 Å². The van der Waals surface area contributed by atoms with Crippen molar-refractivity contribution in [3.8, 4) is 24.3 Å². The number of thiophene rings is 2. The lowest BCUT2D eigenvalue weighted by Crippen LogP contribution is -2.09. The smallest absolute Gasteiger partial charge is 0.194 e. The van der Waals surface area contributed by atoms with Gasteiger partial charge in [0.2, 0.25) is 0 Å². The number of Topliss-reactive ketones (excluding diaryl/α,β-unsaturated/α-hetero) is 2. The number of nitriles is 4. The number of ketones is 2. The maximum absolute atomic E-state index is 13.9. The van der Waals surface area contributed by atoms with Crippen LogP contribution in [-0.4, -0.2) is 11.6 Å². The first-order chi connectivity index (χ1) is 38.2. The fourth-order valence-electron chi connectivity index (χ4n) is 10.5. The second-order valence-electron chi connectivity index (χ2n) is 18.4. The van der Waals surface area contributed by atoms with Crippen molar-refractivity contribution in [2.45, 2.75) is 6.42 Å².